The van der Waals surface area contributed by atoms with Crippen LogP contribution in [0.2, 0.25) is 0 Å². The second-order valence-electron chi connectivity index (χ2n) is 4.49. The van der Waals surface area contributed by atoms with Crippen molar-refractivity contribution in [3.8, 4) is 0 Å². The molecule has 0 saturated carbocycles. The average molecular weight is 285 g/mol. The van der Waals surface area contributed by atoms with Crippen molar-refractivity contribution in [2.24, 2.45) is 0 Å². The first-order chi connectivity index (χ1) is 10.1. The predicted octanol–water partition coefficient (Wildman–Crippen LogP) is 1.42. The van der Waals surface area contributed by atoms with Crippen molar-refractivity contribution in [1.29, 1.82) is 0 Å². The van der Waals surface area contributed by atoms with Crippen molar-refractivity contribution in [2.75, 3.05) is 0 Å². The van der Waals surface area contributed by atoms with Crippen molar-refractivity contribution in [3.63, 3.8) is 0 Å². The smallest absolute Gasteiger partial charge is 0.354 e. The highest BCUT2D eigenvalue weighted by atomic mass is 16.4. The molecule has 0 fully saturated rings. The van der Waals surface area contributed by atoms with Gasteiger partial charge in [-0.25, -0.2) is 9.78 Å². The number of carbonyl (C=O) groups is 2. The van der Waals surface area contributed by atoms with E-state index in [-0.39, 0.29) is 11.6 Å². The van der Waals surface area contributed by atoms with Crippen LogP contribution < -0.4 is 5.32 Å². The van der Waals surface area contributed by atoms with Crippen LogP contribution in [0.3, 0.4) is 0 Å². The average Bonchev–Trinajstić information content (AvgIpc) is 2.52. The van der Waals surface area contributed by atoms with Gasteiger partial charge in [-0.05, 0) is 35.7 Å². The zero-order valence-corrected chi connectivity index (χ0v) is 11.3. The molecule has 21 heavy (non-hydrogen) atoms. The number of nitrogens with zero attached hydrogens (tertiary/aromatic N) is 2. The van der Waals surface area contributed by atoms with Crippen LogP contribution in [0.15, 0.2) is 42.9 Å². The molecule has 0 aliphatic rings. The zero-order chi connectivity index (χ0) is 15.1. The summed E-state index contributed by atoms with van der Waals surface area (Å²) in [5.41, 5.74) is 1.81. The second-order valence-corrected chi connectivity index (χ2v) is 4.49. The van der Waals surface area contributed by atoms with Gasteiger partial charge in [0.2, 0.25) is 5.91 Å². The number of pyridine rings is 2. The molecule has 6 heteroatoms. The molecule has 2 aromatic heterocycles. The fourth-order valence-corrected chi connectivity index (χ4v) is 1.75. The van der Waals surface area contributed by atoms with Crippen LogP contribution >= 0.6 is 0 Å². The molecule has 6 nitrogen and oxygen atoms in total. The number of aryl methyl sites for hydroxylation is 1. The molecule has 0 aliphatic heterocycles. The molecule has 0 spiro atoms. The molecule has 0 saturated heterocycles. The maximum absolute atomic E-state index is 11.7. The van der Waals surface area contributed by atoms with Crippen LogP contribution in [0.25, 0.3) is 0 Å². The quantitative estimate of drug-likeness (QED) is 0.837. The molecule has 0 aliphatic carbocycles. The van der Waals surface area contributed by atoms with E-state index in [1.54, 1.807) is 18.5 Å². The van der Waals surface area contributed by atoms with E-state index >= 15 is 0 Å². The number of aromatic nitrogens is 2. The Labute approximate surface area is 121 Å². The molecule has 108 valence electrons. The third kappa shape index (κ3) is 4.68. The summed E-state index contributed by atoms with van der Waals surface area (Å²) in [7, 11) is 0. The lowest BCUT2D eigenvalue weighted by Gasteiger charge is -2.05. The summed E-state index contributed by atoms with van der Waals surface area (Å²) >= 11 is 0. The number of hydrogen-bond donors (Lipinski definition) is 2. The van der Waals surface area contributed by atoms with E-state index < -0.39 is 5.97 Å². The van der Waals surface area contributed by atoms with Crippen LogP contribution in [0.4, 0.5) is 0 Å². The molecular formula is C15H15N3O3. The lowest BCUT2D eigenvalue weighted by atomic mass is 10.1. The number of hydrogen-bond acceptors (Lipinski definition) is 4. The van der Waals surface area contributed by atoms with E-state index in [1.165, 1.54) is 12.3 Å². The van der Waals surface area contributed by atoms with Gasteiger partial charge in [0.25, 0.3) is 0 Å². The van der Waals surface area contributed by atoms with E-state index in [2.05, 4.69) is 15.3 Å². The van der Waals surface area contributed by atoms with Gasteiger partial charge in [0.1, 0.15) is 5.69 Å². The Morgan fingerprint density at radius 2 is 1.86 bits per heavy atom. The molecular weight excluding hydrogens is 270 g/mol. The highest BCUT2D eigenvalue weighted by Crippen LogP contribution is 2.02. The second kappa shape index (κ2) is 7.14. The largest absolute Gasteiger partial charge is 0.477 e. The van der Waals surface area contributed by atoms with Crippen molar-refractivity contribution in [3.05, 3.63) is 59.7 Å². The Bertz CT molecular complexity index is 612. The van der Waals surface area contributed by atoms with Crippen LogP contribution in [0, 0.1) is 0 Å². The summed E-state index contributed by atoms with van der Waals surface area (Å²) in [5, 5.41) is 11.5. The number of amides is 1. The van der Waals surface area contributed by atoms with E-state index in [0.29, 0.717) is 19.4 Å². The highest BCUT2D eigenvalue weighted by molar-refractivity contribution is 5.85. The van der Waals surface area contributed by atoms with Crippen LogP contribution in [-0.4, -0.2) is 27.0 Å². The third-order valence-corrected chi connectivity index (χ3v) is 2.92. The normalized spacial score (nSPS) is 10.1. The van der Waals surface area contributed by atoms with Crippen LogP contribution in [0.1, 0.15) is 28.0 Å². The molecule has 2 heterocycles. The molecule has 0 bridgehead atoms. The Hall–Kier alpha value is -2.76. The van der Waals surface area contributed by atoms with Gasteiger partial charge < -0.3 is 10.4 Å². The molecule has 0 aromatic carbocycles. The first-order valence-electron chi connectivity index (χ1n) is 6.49. The molecule has 2 rings (SSSR count). The summed E-state index contributed by atoms with van der Waals surface area (Å²) in [4.78, 5) is 30.1. The maximum Gasteiger partial charge on any atom is 0.354 e. The van der Waals surface area contributed by atoms with Crippen molar-refractivity contribution < 1.29 is 14.7 Å². The van der Waals surface area contributed by atoms with Gasteiger partial charge in [0.15, 0.2) is 0 Å². The Morgan fingerprint density at radius 1 is 1.10 bits per heavy atom. The number of nitrogens with one attached hydrogen (secondary N) is 1. The lowest BCUT2D eigenvalue weighted by Crippen LogP contribution is -2.23. The first kappa shape index (κ1) is 14.6. The topological polar surface area (TPSA) is 92.2 Å². The fourth-order valence-electron chi connectivity index (χ4n) is 1.75. The molecule has 2 aromatic rings. The SMILES string of the molecule is O=C(CCc1ccncc1)NCc1ccc(C(=O)O)nc1. The Morgan fingerprint density at radius 3 is 2.48 bits per heavy atom. The van der Waals surface area contributed by atoms with Gasteiger partial charge in [0.05, 0.1) is 0 Å². The van der Waals surface area contributed by atoms with Crippen LogP contribution in [-0.2, 0) is 17.8 Å². The Kier molecular flexibility index (Phi) is 4.98. The molecule has 1 amide bonds. The number of carboxylic acids is 1. The minimum Gasteiger partial charge on any atom is -0.477 e. The van der Waals surface area contributed by atoms with E-state index in [1.807, 2.05) is 12.1 Å². The summed E-state index contributed by atoms with van der Waals surface area (Å²) in [5.74, 6) is -1.13. The van der Waals surface area contributed by atoms with Crippen molar-refractivity contribution in [2.45, 2.75) is 19.4 Å². The summed E-state index contributed by atoms with van der Waals surface area (Å²) in [6, 6.07) is 6.81. The highest BCUT2D eigenvalue weighted by Gasteiger charge is 2.05. The number of carbonyl (C=O) groups excluding carboxylic acids is 1. The van der Waals surface area contributed by atoms with Crippen molar-refractivity contribution in [1.82, 2.24) is 15.3 Å². The van der Waals surface area contributed by atoms with Gasteiger partial charge in [-0.15, -0.1) is 0 Å². The van der Waals surface area contributed by atoms with E-state index in [9.17, 15) is 9.59 Å². The summed E-state index contributed by atoms with van der Waals surface area (Å²) in [6.07, 6.45) is 5.90. The monoisotopic (exact) mass is 285 g/mol. The zero-order valence-electron chi connectivity index (χ0n) is 11.3. The number of aromatic carboxylic acids is 1. The lowest BCUT2D eigenvalue weighted by molar-refractivity contribution is -0.121. The molecule has 2 N–H and O–H groups in total. The maximum atomic E-state index is 11.7. The van der Waals surface area contributed by atoms with Gasteiger partial charge in [0, 0.05) is 31.6 Å². The van der Waals surface area contributed by atoms with Gasteiger partial charge in [-0.2, -0.15) is 0 Å². The van der Waals surface area contributed by atoms with Gasteiger partial charge in [-0.1, -0.05) is 6.07 Å². The molecule has 0 atom stereocenters. The molecule has 0 radical (unpaired) electrons. The summed E-state index contributed by atoms with van der Waals surface area (Å²) in [6.45, 7) is 0.335. The predicted molar refractivity (Wildman–Crippen MR) is 75.6 cm³/mol. The molecule has 0 unspecified atom stereocenters. The minimum atomic E-state index is -1.07. The minimum absolute atomic E-state index is 0.0113. The van der Waals surface area contributed by atoms with Crippen molar-refractivity contribution >= 4 is 11.9 Å². The third-order valence-electron chi connectivity index (χ3n) is 2.92. The van der Waals surface area contributed by atoms with Gasteiger partial charge >= 0.3 is 5.97 Å². The summed E-state index contributed by atoms with van der Waals surface area (Å²) < 4.78 is 0. The number of rotatable bonds is 6. The van der Waals surface area contributed by atoms with E-state index in [4.69, 9.17) is 5.11 Å². The first-order valence-corrected chi connectivity index (χ1v) is 6.49. The fraction of sp³-hybridized carbons (Fsp3) is 0.200. The van der Waals surface area contributed by atoms with E-state index in [0.717, 1.165) is 11.1 Å². The van der Waals surface area contributed by atoms with Gasteiger partial charge in [-0.3, -0.25) is 9.78 Å². The number of carboxylic acid groups (broad SMARTS) is 1. The Balaban J connectivity index is 1.77. The standard InChI is InChI=1S/C15H15N3O3/c19-14(4-2-11-5-7-16-8-6-11)18-10-12-1-3-13(15(20)21)17-9-12/h1,3,5-9H,2,4,10H2,(H,18,19)(H,20,21). The van der Waals surface area contributed by atoms with Crippen LogP contribution in [0.5, 0.6) is 0 Å².